The number of hydrogen-bond donors (Lipinski definition) is 0. The summed E-state index contributed by atoms with van der Waals surface area (Å²) in [5.74, 6) is 0. The summed E-state index contributed by atoms with van der Waals surface area (Å²) in [4.78, 5) is 0. The van der Waals surface area contributed by atoms with E-state index in [0.29, 0.717) is 6.10 Å². The van der Waals surface area contributed by atoms with Gasteiger partial charge in [-0.1, -0.05) is 12.2 Å². The average molecular weight is 114 g/mol. The Balaban J connectivity index is 3.10. The third kappa shape index (κ3) is 3.88. The second-order valence-electron chi connectivity index (χ2n) is 1.85. The highest BCUT2D eigenvalue weighted by atomic mass is 16.5. The molecule has 1 atom stereocenters. The highest BCUT2D eigenvalue weighted by molar-refractivity contribution is 4.78. The Morgan fingerprint density at radius 1 is 1.62 bits per heavy atom. The number of rotatable bonds is 3. The van der Waals surface area contributed by atoms with Gasteiger partial charge in [0.15, 0.2) is 0 Å². The van der Waals surface area contributed by atoms with Gasteiger partial charge in [0.25, 0.3) is 0 Å². The molecule has 48 valence electrons. The fraction of sp³-hybridized carbons (Fsp3) is 0.714. The molecule has 0 heterocycles. The van der Waals surface area contributed by atoms with Gasteiger partial charge in [0.1, 0.15) is 0 Å². The molecule has 0 bridgehead atoms. The molecule has 0 spiro atoms. The summed E-state index contributed by atoms with van der Waals surface area (Å²) in [7, 11) is 1.73. The van der Waals surface area contributed by atoms with Crippen molar-refractivity contribution < 1.29 is 4.74 Å². The molecule has 0 rings (SSSR count). The summed E-state index contributed by atoms with van der Waals surface area (Å²) in [6, 6.07) is 0. The highest BCUT2D eigenvalue weighted by Crippen LogP contribution is 1.94. The Morgan fingerprint density at radius 3 is 2.62 bits per heavy atom. The van der Waals surface area contributed by atoms with E-state index in [1.807, 2.05) is 13.0 Å². The topological polar surface area (TPSA) is 9.23 Å². The van der Waals surface area contributed by atoms with E-state index in [1.165, 1.54) is 0 Å². The van der Waals surface area contributed by atoms with Crippen LogP contribution in [0.2, 0.25) is 0 Å². The highest BCUT2D eigenvalue weighted by Gasteiger charge is 1.91. The molecule has 0 amide bonds. The SMILES string of the molecule is C/C=C/C[C@H](C)OC. The van der Waals surface area contributed by atoms with E-state index in [4.69, 9.17) is 4.74 Å². The first kappa shape index (κ1) is 7.70. The molecule has 0 aromatic carbocycles. The standard InChI is InChI=1S/C7H14O/c1-4-5-6-7(2)8-3/h4-5,7H,6H2,1-3H3/b5-4+/t7-/m0/s1. The van der Waals surface area contributed by atoms with Gasteiger partial charge in [-0.2, -0.15) is 0 Å². The van der Waals surface area contributed by atoms with E-state index in [9.17, 15) is 0 Å². The van der Waals surface area contributed by atoms with Crippen molar-refractivity contribution in [1.29, 1.82) is 0 Å². The third-order valence-corrected chi connectivity index (χ3v) is 1.11. The summed E-state index contributed by atoms with van der Waals surface area (Å²) in [5.41, 5.74) is 0. The Bertz CT molecular complexity index is 66.8. The fourth-order valence-electron chi connectivity index (χ4n) is 0.424. The molecule has 0 aromatic rings. The van der Waals surface area contributed by atoms with Crippen molar-refractivity contribution in [2.24, 2.45) is 0 Å². The minimum atomic E-state index is 0.367. The van der Waals surface area contributed by atoms with Crippen LogP contribution in [0.25, 0.3) is 0 Å². The van der Waals surface area contributed by atoms with Gasteiger partial charge in [0, 0.05) is 7.11 Å². The van der Waals surface area contributed by atoms with Crippen LogP contribution in [-0.2, 0) is 4.74 Å². The Kier molecular flexibility index (Phi) is 4.67. The molecular weight excluding hydrogens is 100 g/mol. The van der Waals surface area contributed by atoms with Gasteiger partial charge in [0.05, 0.1) is 6.10 Å². The minimum Gasteiger partial charge on any atom is -0.381 e. The van der Waals surface area contributed by atoms with Gasteiger partial charge in [-0.3, -0.25) is 0 Å². The maximum Gasteiger partial charge on any atom is 0.0577 e. The fourth-order valence-corrected chi connectivity index (χ4v) is 0.424. The third-order valence-electron chi connectivity index (χ3n) is 1.11. The first-order valence-electron chi connectivity index (χ1n) is 2.95. The first-order valence-corrected chi connectivity index (χ1v) is 2.95. The monoisotopic (exact) mass is 114 g/mol. The normalized spacial score (nSPS) is 14.9. The molecule has 1 nitrogen and oxygen atoms in total. The molecular formula is C7H14O. The van der Waals surface area contributed by atoms with E-state index >= 15 is 0 Å². The van der Waals surface area contributed by atoms with Crippen molar-refractivity contribution in [3.63, 3.8) is 0 Å². The van der Waals surface area contributed by atoms with Gasteiger partial charge < -0.3 is 4.74 Å². The quantitative estimate of drug-likeness (QED) is 0.510. The summed E-state index contributed by atoms with van der Waals surface area (Å²) in [5, 5.41) is 0. The van der Waals surface area contributed by atoms with Crippen molar-refractivity contribution >= 4 is 0 Å². The summed E-state index contributed by atoms with van der Waals surface area (Å²) < 4.78 is 5.00. The van der Waals surface area contributed by atoms with Gasteiger partial charge in [-0.15, -0.1) is 0 Å². The van der Waals surface area contributed by atoms with Crippen molar-refractivity contribution in [2.45, 2.75) is 26.4 Å². The lowest BCUT2D eigenvalue weighted by molar-refractivity contribution is 0.121. The van der Waals surface area contributed by atoms with E-state index < -0.39 is 0 Å². The van der Waals surface area contributed by atoms with Crippen molar-refractivity contribution in [1.82, 2.24) is 0 Å². The van der Waals surface area contributed by atoms with E-state index in [-0.39, 0.29) is 0 Å². The largest absolute Gasteiger partial charge is 0.381 e. The molecule has 0 saturated heterocycles. The molecule has 0 aliphatic heterocycles. The number of ether oxygens (including phenoxy) is 1. The Morgan fingerprint density at radius 2 is 2.25 bits per heavy atom. The summed E-state index contributed by atoms with van der Waals surface area (Å²) in [6.07, 6.45) is 5.53. The predicted molar refractivity (Wildman–Crippen MR) is 35.9 cm³/mol. The minimum absolute atomic E-state index is 0.367. The lowest BCUT2D eigenvalue weighted by Crippen LogP contribution is -2.01. The van der Waals surface area contributed by atoms with Crippen LogP contribution in [-0.4, -0.2) is 13.2 Å². The van der Waals surface area contributed by atoms with E-state index in [0.717, 1.165) is 6.42 Å². The molecule has 0 aliphatic carbocycles. The van der Waals surface area contributed by atoms with Crippen molar-refractivity contribution in [2.75, 3.05) is 7.11 Å². The van der Waals surface area contributed by atoms with Crippen LogP contribution in [0.1, 0.15) is 20.3 Å². The maximum atomic E-state index is 5.00. The Hall–Kier alpha value is -0.300. The molecule has 0 aliphatic rings. The van der Waals surface area contributed by atoms with Crippen LogP contribution in [0.4, 0.5) is 0 Å². The van der Waals surface area contributed by atoms with Crippen LogP contribution >= 0.6 is 0 Å². The summed E-state index contributed by atoms with van der Waals surface area (Å²) >= 11 is 0. The second kappa shape index (κ2) is 4.85. The average Bonchev–Trinajstić information content (AvgIpc) is 1.83. The predicted octanol–water partition coefficient (Wildman–Crippen LogP) is 1.99. The van der Waals surface area contributed by atoms with Gasteiger partial charge in [0.2, 0.25) is 0 Å². The van der Waals surface area contributed by atoms with E-state index in [2.05, 4.69) is 13.0 Å². The lowest BCUT2D eigenvalue weighted by Gasteiger charge is -2.03. The second-order valence-corrected chi connectivity index (χ2v) is 1.85. The zero-order valence-corrected chi connectivity index (χ0v) is 5.85. The zero-order valence-electron chi connectivity index (χ0n) is 5.85. The molecule has 0 N–H and O–H groups in total. The Labute approximate surface area is 51.4 Å². The van der Waals surface area contributed by atoms with Crippen LogP contribution in [0.15, 0.2) is 12.2 Å². The van der Waals surface area contributed by atoms with Crippen LogP contribution < -0.4 is 0 Å². The van der Waals surface area contributed by atoms with Crippen LogP contribution in [0, 0.1) is 0 Å². The lowest BCUT2D eigenvalue weighted by atomic mass is 10.3. The molecule has 1 heteroatoms. The molecule has 0 radical (unpaired) electrons. The molecule has 0 aromatic heterocycles. The van der Waals surface area contributed by atoms with E-state index in [1.54, 1.807) is 7.11 Å². The molecule has 0 saturated carbocycles. The number of allylic oxidation sites excluding steroid dienone is 1. The first-order chi connectivity index (χ1) is 3.81. The van der Waals surface area contributed by atoms with Crippen LogP contribution in [0.3, 0.4) is 0 Å². The van der Waals surface area contributed by atoms with Crippen molar-refractivity contribution in [3.05, 3.63) is 12.2 Å². The zero-order chi connectivity index (χ0) is 6.41. The molecule has 8 heavy (non-hydrogen) atoms. The van der Waals surface area contributed by atoms with Gasteiger partial charge >= 0.3 is 0 Å². The number of methoxy groups -OCH3 is 1. The van der Waals surface area contributed by atoms with Gasteiger partial charge in [-0.05, 0) is 20.3 Å². The maximum absolute atomic E-state index is 5.00. The molecule has 0 fully saturated rings. The smallest absolute Gasteiger partial charge is 0.0577 e. The number of hydrogen-bond acceptors (Lipinski definition) is 1. The van der Waals surface area contributed by atoms with Crippen LogP contribution in [0.5, 0.6) is 0 Å². The van der Waals surface area contributed by atoms with Crippen molar-refractivity contribution in [3.8, 4) is 0 Å². The molecule has 0 unspecified atom stereocenters. The van der Waals surface area contributed by atoms with Gasteiger partial charge in [-0.25, -0.2) is 0 Å². The summed E-state index contributed by atoms with van der Waals surface area (Å²) in [6.45, 7) is 4.07.